The van der Waals surface area contributed by atoms with Gasteiger partial charge in [-0.05, 0) is 43.7 Å². The average molecular weight is 476 g/mol. The van der Waals surface area contributed by atoms with Crippen LogP contribution in [0.25, 0.3) is 0 Å². The van der Waals surface area contributed by atoms with E-state index >= 15 is 0 Å². The number of hydrogen-bond donors (Lipinski definition) is 0. The van der Waals surface area contributed by atoms with Gasteiger partial charge in [0.15, 0.2) is 11.0 Å². The number of rotatable bonds is 9. The molecule has 0 spiro atoms. The number of benzene rings is 2. The SMILES string of the molecule is CC(C)OC(=O)CSc1nnc(COc2ccc(Br)cc2)n1Cc1ccccc1. The lowest BCUT2D eigenvalue weighted by Gasteiger charge is -2.12. The smallest absolute Gasteiger partial charge is 0.316 e. The van der Waals surface area contributed by atoms with E-state index in [1.165, 1.54) is 11.8 Å². The zero-order valence-corrected chi connectivity index (χ0v) is 18.6. The van der Waals surface area contributed by atoms with E-state index in [9.17, 15) is 4.79 Å². The van der Waals surface area contributed by atoms with E-state index in [1.807, 2.05) is 73.0 Å². The lowest BCUT2D eigenvalue weighted by atomic mass is 10.2. The number of carbonyl (C=O) groups is 1. The molecular formula is C21H22BrN3O3S. The first-order valence-corrected chi connectivity index (χ1v) is 11.0. The second-order valence-corrected chi connectivity index (χ2v) is 8.40. The maximum absolute atomic E-state index is 11.9. The van der Waals surface area contributed by atoms with Crippen molar-refractivity contribution in [3.05, 3.63) is 70.5 Å². The highest BCUT2D eigenvalue weighted by atomic mass is 79.9. The molecule has 0 N–H and O–H groups in total. The highest BCUT2D eigenvalue weighted by molar-refractivity contribution is 9.10. The summed E-state index contributed by atoms with van der Waals surface area (Å²) in [6.45, 7) is 4.53. The Morgan fingerprint density at radius 3 is 2.52 bits per heavy atom. The van der Waals surface area contributed by atoms with Gasteiger partial charge in [-0.3, -0.25) is 9.36 Å². The van der Waals surface area contributed by atoms with Gasteiger partial charge in [-0.25, -0.2) is 0 Å². The maximum atomic E-state index is 11.9. The van der Waals surface area contributed by atoms with Gasteiger partial charge in [-0.1, -0.05) is 58.0 Å². The fraction of sp³-hybridized carbons (Fsp3) is 0.286. The molecule has 0 fully saturated rings. The maximum Gasteiger partial charge on any atom is 0.316 e. The molecule has 0 aliphatic carbocycles. The van der Waals surface area contributed by atoms with Gasteiger partial charge in [0.2, 0.25) is 0 Å². The predicted octanol–water partition coefficient (Wildman–Crippen LogP) is 4.71. The van der Waals surface area contributed by atoms with Crippen molar-refractivity contribution in [1.82, 2.24) is 14.8 Å². The van der Waals surface area contributed by atoms with Crippen LogP contribution in [0.4, 0.5) is 0 Å². The predicted molar refractivity (Wildman–Crippen MR) is 116 cm³/mol. The van der Waals surface area contributed by atoms with Crippen molar-refractivity contribution in [3.63, 3.8) is 0 Å². The van der Waals surface area contributed by atoms with Crippen molar-refractivity contribution in [1.29, 1.82) is 0 Å². The molecule has 2 aromatic carbocycles. The van der Waals surface area contributed by atoms with Crippen molar-refractivity contribution in [3.8, 4) is 5.75 Å². The third kappa shape index (κ3) is 6.61. The van der Waals surface area contributed by atoms with Crippen LogP contribution in [0.2, 0.25) is 0 Å². The van der Waals surface area contributed by atoms with Gasteiger partial charge in [0, 0.05) is 4.47 Å². The van der Waals surface area contributed by atoms with Gasteiger partial charge in [0.25, 0.3) is 0 Å². The van der Waals surface area contributed by atoms with E-state index in [2.05, 4.69) is 26.1 Å². The monoisotopic (exact) mass is 475 g/mol. The van der Waals surface area contributed by atoms with Crippen LogP contribution in [0, 0.1) is 0 Å². The highest BCUT2D eigenvalue weighted by Gasteiger charge is 2.16. The van der Waals surface area contributed by atoms with Crippen LogP contribution in [0.1, 0.15) is 25.2 Å². The molecule has 8 heteroatoms. The molecule has 6 nitrogen and oxygen atoms in total. The number of esters is 1. The molecule has 0 aliphatic rings. The summed E-state index contributed by atoms with van der Waals surface area (Å²) >= 11 is 4.73. The Kier molecular flexibility index (Phi) is 7.71. The number of nitrogens with zero attached hydrogens (tertiary/aromatic N) is 3. The summed E-state index contributed by atoms with van der Waals surface area (Å²) in [7, 11) is 0. The number of hydrogen-bond acceptors (Lipinski definition) is 6. The summed E-state index contributed by atoms with van der Waals surface area (Å²) in [4.78, 5) is 11.9. The van der Waals surface area contributed by atoms with Crippen molar-refractivity contribution in [2.75, 3.05) is 5.75 Å². The lowest BCUT2D eigenvalue weighted by molar-refractivity contribution is -0.144. The Bertz CT molecular complexity index is 930. The first kappa shape index (κ1) is 21.4. The zero-order valence-electron chi connectivity index (χ0n) is 16.2. The summed E-state index contributed by atoms with van der Waals surface area (Å²) < 4.78 is 14.0. The molecule has 29 heavy (non-hydrogen) atoms. The number of aromatic nitrogens is 3. The van der Waals surface area contributed by atoms with Crippen molar-refractivity contribution >= 4 is 33.7 Å². The lowest BCUT2D eigenvalue weighted by Crippen LogP contribution is -2.14. The summed E-state index contributed by atoms with van der Waals surface area (Å²) in [5.74, 6) is 1.35. The molecule has 0 saturated heterocycles. The Morgan fingerprint density at radius 2 is 1.83 bits per heavy atom. The van der Waals surface area contributed by atoms with Gasteiger partial charge >= 0.3 is 5.97 Å². The van der Waals surface area contributed by atoms with Gasteiger partial charge in [0.1, 0.15) is 12.4 Å². The first-order valence-electron chi connectivity index (χ1n) is 9.18. The second kappa shape index (κ2) is 10.5. The fourth-order valence-electron chi connectivity index (χ4n) is 2.56. The van der Waals surface area contributed by atoms with E-state index in [1.54, 1.807) is 0 Å². The van der Waals surface area contributed by atoms with Gasteiger partial charge in [-0.15, -0.1) is 10.2 Å². The van der Waals surface area contributed by atoms with E-state index in [0.29, 0.717) is 17.5 Å². The molecule has 0 atom stereocenters. The van der Waals surface area contributed by atoms with Gasteiger partial charge in [0.05, 0.1) is 18.4 Å². The van der Waals surface area contributed by atoms with E-state index in [0.717, 1.165) is 15.8 Å². The minimum atomic E-state index is -0.271. The third-order valence-electron chi connectivity index (χ3n) is 3.84. The zero-order chi connectivity index (χ0) is 20.6. The normalized spacial score (nSPS) is 10.9. The first-order chi connectivity index (χ1) is 14.0. The Balaban J connectivity index is 1.74. The van der Waals surface area contributed by atoms with Crippen LogP contribution < -0.4 is 4.74 Å². The molecule has 0 bridgehead atoms. The highest BCUT2D eigenvalue weighted by Crippen LogP contribution is 2.21. The Labute approximate surface area is 182 Å². The molecule has 0 saturated carbocycles. The van der Waals surface area contributed by atoms with E-state index in [4.69, 9.17) is 9.47 Å². The van der Waals surface area contributed by atoms with Crippen LogP contribution in [0.3, 0.4) is 0 Å². The van der Waals surface area contributed by atoms with Crippen molar-refractivity contribution in [2.45, 2.75) is 38.3 Å². The summed E-state index contributed by atoms with van der Waals surface area (Å²) in [6.07, 6.45) is -0.139. The number of halogens is 1. The molecule has 3 rings (SSSR count). The fourth-order valence-corrected chi connectivity index (χ4v) is 3.56. The van der Waals surface area contributed by atoms with Crippen LogP contribution in [0.15, 0.2) is 64.2 Å². The topological polar surface area (TPSA) is 66.2 Å². The molecule has 152 valence electrons. The summed E-state index contributed by atoms with van der Waals surface area (Å²) in [5.41, 5.74) is 1.11. The number of ether oxygens (including phenoxy) is 2. The van der Waals surface area contributed by atoms with Crippen LogP contribution in [-0.2, 0) is 22.7 Å². The second-order valence-electron chi connectivity index (χ2n) is 6.54. The Hall–Kier alpha value is -2.32. The van der Waals surface area contributed by atoms with Gasteiger partial charge in [-0.2, -0.15) is 0 Å². The van der Waals surface area contributed by atoms with Crippen molar-refractivity contribution < 1.29 is 14.3 Å². The third-order valence-corrected chi connectivity index (χ3v) is 5.31. The quantitative estimate of drug-likeness (QED) is 0.329. The summed E-state index contributed by atoms with van der Waals surface area (Å²) in [6, 6.07) is 17.7. The molecule has 0 aliphatic heterocycles. The largest absolute Gasteiger partial charge is 0.486 e. The molecule has 1 aromatic heterocycles. The number of thioether (sulfide) groups is 1. The minimum absolute atomic E-state index is 0.139. The van der Waals surface area contributed by atoms with Gasteiger partial charge < -0.3 is 9.47 Å². The molecule has 1 heterocycles. The standard InChI is InChI=1S/C21H22BrN3O3S/c1-15(2)28-20(26)14-29-21-24-23-19(13-27-18-10-8-17(22)9-11-18)25(21)12-16-6-4-3-5-7-16/h3-11,15H,12-14H2,1-2H3. The van der Waals surface area contributed by atoms with Crippen LogP contribution >= 0.6 is 27.7 Å². The number of carbonyl (C=O) groups excluding carboxylic acids is 1. The summed E-state index contributed by atoms with van der Waals surface area (Å²) in [5, 5.41) is 9.22. The minimum Gasteiger partial charge on any atom is -0.486 e. The molecule has 0 radical (unpaired) electrons. The molecule has 0 amide bonds. The molecular weight excluding hydrogens is 454 g/mol. The molecule has 3 aromatic rings. The molecule has 0 unspecified atom stereocenters. The van der Waals surface area contributed by atoms with E-state index < -0.39 is 0 Å². The average Bonchev–Trinajstić information content (AvgIpc) is 3.08. The van der Waals surface area contributed by atoms with Crippen molar-refractivity contribution in [2.24, 2.45) is 0 Å². The van der Waals surface area contributed by atoms with E-state index in [-0.39, 0.29) is 24.4 Å². The Morgan fingerprint density at radius 1 is 1.10 bits per heavy atom. The van der Waals surface area contributed by atoms with Crippen LogP contribution in [0.5, 0.6) is 5.75 Å². The van der Waals surface area contributed by atoms with Crippen LogP contribution in [-0.4, -0.2) is 32.6 Å².